The maximum atomic E-state index is 13.9. The number of hydrogen-bond donors (Lipinski definition) is 0. The number of nitrogens with zero attached hydrogens (tertiary/aromatic N) is 1. The fraction of sp³-hybridized carbons (Fsp3) is 0.267. The molecule has 0 saturated carbocycles. The first-order valence-electron chi connectivity index (χ1n) is 12.6. The van der Waals surface area contributed by atoms with Gasteiger partial charge in [0, 0.05) is 10.2 Å². The minimum absolute atomic E-state index is 0.0341. The van der Waals surface area contributed by atoms with Gasteiger partial charge in [0.1, 0.15) is 11.3 Å². The highest BCUT2D eigenvalue weighted by Gasteiger charge is 2.44. The maximum absolute atomic E-state index is 13.9. The van der Waals surface area contributed by atoms with E-state index in [4.69, 9.17) is 18.6 Å². The summed E-state index contributed by atoms with van der Waals surface area (Å²) in [6.07, 6.45) is 1.94. The molecule has 0 aliphatic carbocycles. The van der Waals surface area contributed by atoms with Crippen molar-refractivity contribution in [3.8, 4) is 17.2 Å². The molecule has 4 aromatic rings. The van der Waals surface area contributed by atoms with Crippen LogP contribution < -0.4 is 24.5 Å². The van der Waals surface area contributed by atoms with E-state index in [1.807, 2.05) is 25.1 Å². The third kappa shape index (κ3) is 4.65. The molecule has 1 atom stereocenters. The van der Waals surface area contributed by atoms with Crippen LogP contribution in [0.15, 0.2) is 74.3 Å². The molecule has 1 amide bonds. The molecule has 1 aliphatic heterocycles. The second-order valence-electron chi connectivity index (χ2n) is 8.93. The highest BCUT2D eigenvalue weighted by atomic mass is 79.9. The number of fused-ring (bicyclic) bond motifs is 2. The molecule has 0 N–H and O–H groups in total. The predicted octanol–water partition coefficient (Wildman–Crippen LogP) is 6.89. The number of methoxy groups -OCH3 is 1. The Balaban J connectivity index is 1.71. The van der Waals surface area contributed by atoms with E-state index in [1.165, 1.54) is 0 Å². The Morgan fingerprint density at radius 1 is 0.947 bits per heavy atom. The van der Waals surface area contributed by atoms with E-state index in [1.54, 1.807) is 54.5 Å². The average Bonchev–Trinajstić information content (AvgIpc) is 3.22. The summed E-state index contributed by atoms with van der Waals surface area (Å²) in [6, 6.07) is 17.2. The number of anilines is 1. The molecule has 0 bridgehead atoms. The van der Waals surface area contributed by atoms with Crippen LogP contribution in [0.1, 0.15) is 54.4 Å². The Labute approximate surface area is 229 Å². The monoisotopic (exact) mass is 577 g/mol. The van der Waals surface area contributed by atoms with Gasteiger partial charge in [-0.3, -0.25) is 14.5 Å². The number of carbonyl (C=O) groups excluding carboxylic acids is 1. The Bertz CT molecular complexity index is 1550. The molecule has 0 fully saturated rings. The van der Waals surface area contributed by atoms with Gasteiger partial charge in [-0.1, -0.05) is 35.3 Å². The molecular formula is C30H28BrNO6. The summed E-state index contributed by atoms with van der Waals surface area (Å²) < 4.78 is 24.0. The highest BCUT2D eigenvalue weighted by Crippen LogP contribution is 2.43. The van der Waals surface area contributed by atoms with Crippen LogP contribution in [0.25, 0.3) is 11.0 Å². The first-order valence-corrected chi connectivity index (χ1v) is 13.4. The summed E-state index contributed by atoms with van der Waals surface area (Å²) in [5.41, 5.74) is 1.71. The molecular weight excluding hydrogens is 550 g/mol. The van der Waals surface area contributed by atoms with Crippen molar-refractivity contribution >= 4 is 38.5 Å². The minimum Gasteiger partial charge on any atom is -0.497 e. The number of benzene rings is 3. The molecule has 1 aliphatic rings. The van der Waals surface area contributed by atoms with Crippen molar-refractivity contribution in [2.45, 2.75) is 32.7 Å². The highest BCUT2D eigenvalue weighted by molar-refractivity contribution is 9.10. The summed E-state index contributed by atoms with van der Waals surface area (Å²) in [5.74, 6) is 1.49. The lowest BCUT2D eigenvalue weighted by molar-refractivity contribution is 0.0971. The second-order valence-corrected chi connectivity index (χ2v) is 9.85. The zero-order chi connectivity index (χ0) is 26.8. The number of hydrogen-bond acceptors (Lipinski definition) is 6. The maximum Gasteiger partial charge on any atom is 0.295 e. The predicted molar refractivity (Wildman–Crippen MR) is 150 cm³/mol. The number of ether oxygens (including phenoxy) is 3. The van der Waals surface area contributed by atoms with Crippen LogP contribution in [0, 0.1) is 0 Å². The quantitative estimate of drug-likeness (QED) is 0.201. The largest absolute Gasteiger partial charge is 0.497 e. The van der Waals surface area contributed by atoms with Crippen LogP contribution in [-0.4, -0.2) is 26.2 Å². The van der Waals surface area contributed by atoms with Crippen LogP contribution in [0.2, 0.25) is 0 Å². The zero-order valence-corrected chi connectivity index (χ0v) is 23.0. The molecule has 1 unspecified atom stereocenters. The van der Waals surface area contributed by atoms with E-state index in [0.717, 1.165) is 17.3 Å². The smallest absolute Gasteiger partial charge is 0.295 e. The molecule has 3 aromatic carbocycles. The molecule has 0 saturated heterocycles. The molecule has 0 radical (unpaired) electrons. The number of carbonyl (C=O) groups is 1. The lowest BCUT2D eigenvalue weighted by atomic mass is 9.97. The standard InChI is InChI=1S/C30H28BrNO6/c1-4-6-15-37-24-13-7-18(16-25(24)36-5-2)27-26-28(33)22-17-19(31)8-14-23(22)38-29(26)30(34)32(27)20-9-11-21(35-3)12-10-20/h7-14,16-17,27H,4-6,15H2,1-3H3. The van der Waals surface area contributed by atoms with Gasteiger partial charge < -0.3 is 18.6 Å². The van der Waals surface area contributed by atoms with Crippen LogP contribution in [0.4, 0.5) is 5.69 Å². The van der Waals surface area contributed by atoms with Crippen LogP contribution in [0.5, 0.6) is 17.2 Å². The average molecular weight is 578 g/mol. The topological polar surface area (TPSA) is 78.2 Å². The normalized spacial score (nSPS) is 14.6. The molecule has 0 spiro atoms. The van der Waals surface area contributed by atoms with E-state index in [2.05, 4.69) is 22.9 Å². The number of rotatable bonds is 9. The fourth-order valence-corrected chi connectivity index (χ4v) is 5.04. The van der Waals surface area contributed by atoms with Crippen molar-refractivity contribution in [2.75, 3.05) is 25.2 Å². The van der Waals surface area contributed by atoms with Gasteiger partial charge in [-0.15, -0.1) is 0 Å². The fourth-order valence-electron chi connectivity index (χ4n) is 4.68. The van der Waals surface area contributed by atoms with Crippen molar-refractivity contribution in [2.24, 2.45) is 0 Å². The van der Waals surface area contributed by atoms with Gasteiger partial charge in [0.25, 0.3) is 5.91 Å². The SMILES string of the molecule is CCCCOc1ccc(C2c3c(oc4ccc(Br)cc4c3=O)C(=O)N2c2ccc(OC)cc2)cc1OCC. The molecule has 5 rings (SSSR count). The first-order chi connectivity index (χ1) is 18.5. The Morgan fingerprint density at radius 2 is 1.74 bits per heavy atom. The van der Waals surface area contributed by atoms with Gasteiger partial charge >= 0.3 is 0 Å². The minimum atomic E-state index is -0.727. The van der Waals surface area contributed by atoms with Gasteiger partial charge in [-0.05, 0) is 73.5 Å². The summed E-state index contributed by atoms with van der Waals surface area (Å²) in [5, 5.41) is 0.400. The summed E-state index contributed by atoms with van der Waals surface area (Å²) >= 11 is 3.44. The van der Waals surface area contributed by atoms with Gasteiger partial charge in [-0.2, -0.15) is 0 Å². The van der Waals surface area contributed by atoms with Gasteiger partial charge in [0.15, 0.2) is 16.9 Å². The number of unbranched alkanes of at least 4 members (excludes halogenated alkanes) is 1. The van der Waals surface area contributed by atoms with E-state index in [9.17, 15) is 9.59 Å². The van der Waals surface area contributed by atoms with Crippen molar-refractivity contribution in [3.63, 3.8) is 0 Å². The number of halogens is 1. The lowest BCUT2D eigenvalue weighted by Crippen LogP contribution is -2.29. The Morgan fingerprint density at radius 3 is 2.45 bits per heavy atom. The van der Waals surface area contributed by atoms with Gasteiger partial charge in [0.2, 0.25) is 5.76 Å². The molecule has 7 nitrogen and oxygen atoms in total. The molecule has 1 aromatic heterocycles. The molecule has 38 heavy (non-hydrogen) atoms. The van der Waals surface area contributed by atoms with Crippen molar-refractivity contribution < 1.29 is 23.4 Å². The van der Waals surface area contributed by atoms with Gasteiger partial charge in [-0.25, -0.2) is 0 Å². The van der Waals surface area contributed by atoms with E-state index < -0.39 is 11.9 Å². The third-order valence-electron chi connectivity index (χ3n) is 6.52. The van der Waals surface area contributed by atoms with E-state index in [-0.39, 0.29) is 11.2 Å². The first kappa shape index (κ1) is 25.9. The molecule has 2 heterocycles. The van der Waals surface area contributed by atoms with Crippen LogP contribution >= 0.6 is 15.9 Å². The van der Waals surface area contributed by atoms with Crippen LogP contribution in [-0.2, 0) is 0 Å². The zero-order valence-electron chi connectivity index (χ0n) is 21.5. The molecule has 196 valence electrons. The Hall–Kier alpha value is -3.78. The summed E-state index contributed by atoms with van der Waals surface area (Å²) in [6.45, 7) is 5.02. The van der Waals surface area contributed by atoms with Crippen LogP contribution in [0.3, 0.4) is 0 Å². The second kappa shape index (κ2) is 10.9. The lowest BCUT2D eigenvalue weighted by Gasteiger charge is -2.26. The third-order valence-corrected chi connectivity index (χ3v) is 7.01. The van der Waals surface area contributed by atoms with E-state index in [0.29, 0.717) is 58.2 Å². The van der Waals surface area contributed by atoms with Crippen molar-refractivity contribution in [1.29, 1.82) is 0 Å². The summed E-state index contributed by atoms with van der Waals surface area (Å²) in [4.78, 5) is 29.3. The van der Waals surface area contributed by atoms with Gasteiger partial charge in [0.05, 0.1) is 37.3 Å². The van der Waals surface area contributed by atoms with Crippen molar-refractivity contribution in [1.82, 2.24) is 0 Å². The summed E-state index contributed by atoms with van der Waals surface area (Å²) in [7, 11) is 1.58. The number of amides is 1. The molecule has 8 heteroatoms. The van der Waals surface area contributed by atoms with Crippen molar-refractivity contribution in [3.05, 3.63) is 92.2 Å². The van der Waals surface area contributed by atoms with E-state index >= 15 is 0 Å². The Kier molecular flexibility index (Phi) is 7.42.